The van der Waals surface area contributed by atoms with E-state index < -0.39 is 18.0 Å². The van der Waals surface area contributed by atoms with Gasteiger partial charge >= 0.3 is 0 Å². The SMILES string of the molecule is CC1(C)O[C@@H]2C3C(CC[C@]4(C)C(=O)CCC34)[C@@]3(C)C[C@@H](O)[C@@H](O)CC3[C@H]2O1. The predicted octanol–water partition coefficient (Wildman–Crippen LogP) is 2.67. The van der Waals surface area contributed by atoms with Crippen molar-refractivity contribution in [3.8, 4) is 0 Å². The number of aliphatic hydroxyl groups is 2. The number of ketones is 1. The molecule has 4 aliphatic carbocycles. The Morgan fingerprint density at radius 1 is 0.926 bits per heavy atom. The molecule has 0 spiro atoms. The normalized spacial score (nSPS) is 59.0. The standard InChI is InChI=1S/C22H34O5/c1-20(2)26-18-13-9-14(23)15(24)10-22(13,4)12-7-8-21(3)11(5-6-16(21)25)17(12)19(18)27-20/h11-15,17-19,23-24H,5-10H2,1-4H3/t11?,12?,13?,14-,15+,17?,18+,19+,21-,22+/m0/s1. The van der Waals surface area contributed by atoms with Crippen LogP contribution < -0.4 is 0 Å². The summed E-state index contributed by atoms with van der Waals surface area (Å²) in [7, 11) is 0. The summed E-state index contributed by atoms with van der Waals surface area (Å²) in [6.45, 7) is 8.43. The molecule has 1 aliphatic heterocycles. The summed E-state index contributed by atoms with van der Waals surface area (Å²) in [4.78, 5) is 12.7. The number of fused-ring (bicyclic) bond motifs is 8. The highest BCUT2D eigenvalue weighted by atomic mass is 16.8. The number of ether oxygens (including phenoxy) is 2. The van der Waals surface area contributed by atoms with Crippen LogP contribution in [0.25, 0.3) is 0 Å². The van der Waals surface area contributed by atoms with E-state index in [4.69, 9.17) is 9.47 Å². The minimum atomic E-state index is -0.686. The Morgan fingerprint density at radius 2 is 1.63 bits per heavy atom. The van der Waals surface area contributed by atoms with E-state index in [9.17, 15) is 15.0 Å². The van der Waals surface area contributed by atoms with Crippen LogP contribution in [0.5, 0.6) is 0 Å². The lowest BCUT2D eigenvalue weighted by Gasteiger charge is -2.63. The number of carbonyl (C=O) groups excluding carboxylic acids is 1. The summed E-state index contributed by atoms with van der Waals surface area (Å²) in [6.07, 6.45) is 3.35. The van der Waals surface area contributed by atoms with E-state index in [0.717, 1.165) is 19.3 Å². The molecule has 0 bridgehead atoms. The zero-order valence-electron chi connectivity index (χ0n) is 17.0. The summed E-state index contributed by atoms with van der Waals surface area (Å²) >= 11 is 0. The molecule has 152 valence electrons. The number of hydrogen-bond donors (Lipinski definition) is 2. The van der Waals surface area contributed by atoms with Gasteiger partial charge in [-0.1, -0.05) is 13.8 Å². The molecule has 5 heteroatoms. The molecule has 4 unspecified atom stereocenters. The summed E-state index contributed by atoms with van der Waals surface area (Å²) in [5, 5.41) is 20.9. The Labute approximate surface area is 161 Å². The Bertz CT molecular complexity index is 661. The molecule has 0 aromatic heterocycles. The number of rotatable bonds is 0. The van der Waals surface area contributed by atoms with Crippen LogP contribution in [-0.2, 0) is 14.3 Å². The number of hydrogen-bond acceptors (Lipinski definition) is 5. The zero-order chi connectivity index (χ0) is 19.4. The van der Waals surface area contributed by atoms with Gasteiger partial charge in [0.25, 0.3) is 0 Å². The topological polar surface area (TPSA) is 76.0 Å². The second kappa shape index (κ2) is 5.56. The van der Waals surface area contributed by atoms with E-state index in [0.29, 0.717) is 42.8 Å². The van der Waals surface area contributed by atoms with Crippen LogP contribution in [0.4, 0.5) is 0 Å². The Hall–Kier alpha value is -0.490. The first-order valence-electron chi connectivity index (χ1n) is 10.8. The molecule has 0 aromatic rings. The van der Waals surface area contributed by atoms with Crippen molar-refractivity contribution >= 4 is 5.78 Å². The molecule has 0 amide bonds. The van der Waals surface area contributed by atoms with Crippen LogP contribution in [0, 0.1) is 34.5 Å². The molecule has 1 heterocycles. The van der Waals surface area contributed by atoms with Gasteiger partial charge < -0.3 is 19.7 Å². The van der Waals surface area contributed by atoms with Gasteiger partial charge in [-0.2, -0.15) is 0 Å². The fraction of sp³-hybridized carbons (Fsp3) is 0.955. The van der Waals surface area contributed by atoms with Crippen molar-refractivity contribution in [1.29, 1.82) is 0 Å². The van der Waals surface area contributed by atoms with Gasteiger partial charge in [0.05, 0.1) is 24.4 Å². The molecule has 5 fully saturated rings. The van der Waals surface area contributed by atoms with Crippen molar-refractivity contribution in [3.05, 3.63) is 0 Å². The molecule has 4 saturated carbocycles. The van der Waals surface area contributed by atoms with Crippen molar-refractivity contribution in [3.63, 3.8) is 0 Å². The third-order valence-corrected chi connectivity index (χ3v) is 9.26. The fourth-order valence-electron chi connectivity index (χ4n) is 7.98. The Balaban J connectivity index is 1.60. The van der Waals surface area contributed by atoms with Gasteiger partial charge in [-0.3, -0.25) is 4.79 Å². The lowest BCUT2D eigenvalue weighted by Crippen LogP contribution is -2.65. The third kappa shape index (κ3) is 2.35. The highest BCUT2D eigenvalue weighted by Gasteiger charge is 2.69. The fourth-order valence-corrected chi connectivity index (χ4v) is 7.98. The van der Waals surface area contributed by atoms with Gasteiger partial charge in [0.15, 0.2) is 5.79 Å². The second-order valence-corrected chi connectivity index (χ2v) is 11.0. The molecule has 2 N–H and O–H groups in total. The summed E-state index contributed by atoms with van der Waals surface area (Å²) in [5.74, 6) is 1.02. The van der Waals surface area contributed by atoms with Gasteiger partial charge in [0, 0.05) is 11.8 Å². The second-order valence-electron chi connectivity index (χ2n) is 11.0. The molecular formula is C22H34O5. The van der Waals surface area contributed by atoms with Gasteiger partial charge in [0.1, 0.15) is 5.78 Å². The molecule has 10 atom stereocenters. The molecule has 5 aliphatic rings. The molecular weight excluding hydrogens is 344 g/mol. The molecule has 0 aromatic carbocycles. The summed E-state index contributed by atoms with van der Waals surface area (Å²) in [6, 6.07) is 0. The maximum absolute atomic E-state index is 12.7. The van der Waals surface area contributed by atoms with Crippen LogP contribution in [0.2, 0.25) is 0 Å². The summed E-state index contributed by atoms with van der Waals surface area (Å²) in [5.41, 5.74) is -0.307. The van der Waals surface area contributed by atoms with E-state index >= 15 is 0 Å². The molecule has 5 nitrogen and oxygen atoms in total. The summed E-state index contributed by atoms with van der Waals surface area (Å²) < 4.78 is 12.9. The van der Waals surface area contributed by atoms with Crippen molar-refractivity contribution in [2.75, 3.05) is 0 Å². The third-order valence-electron chi connectivity index (χ3n) is 9.26. The first kappa shape index (κ1) is 18.5. The molecule has 27 heavy (non-hydrogen) atoms. The lowest BCUT2D eigenvalue weighted by molar-refractivity contribution is -0.205. The lowest BCUT2D eigenvalue weighted by atomic mass is 9.43. The van der Waals surface area contributed by atoms with E-state index in [1.54, 1.807) is 0 Å². The maximum atomic E-state index is 12.7. The average Bonchev–Trinajstić information content (AvgIpc) is 3.06. The van der Waals surface area contributed by atoms with E-state index in [1.165, 1.54) is 0 Å². The van der Waals surface area contributed by atoms with Crippen molar-refractivity contribution in [2.45, 2.75) is 96.4 Å². The van der Waals surface area contributed by atoms with Crippen molar-refractivity contribution in [1.82, 2.24) is 0 Å². The van der Waals surface area contributed by atoms with E-state index in [2.05, 4.69) is 13.8 Å². The van der Waals surface area contributed by atoms with Crippen molar-refractivity contribution < 1.29 is 24.5 Å². The largest absolute Gasteiger partial charge is 0.390 e. The molecule has 5 rings (SSSR count). The van der Waals surface area contributed by atoms with Crippen molar-refractivity contribution in [2.24, 2.45) is 34.5 Å². The van der Waals surface area contributed by atoms with E-state index in [1.807, 2.05) is 13.8 Å². The minimum Gasteiger partial charge on any atom is -0.390 e. The highest BCUT2D eigenvalue weighted by Crippen LogP contribution is 2.67. The maximum Gasteiger partial charge on any atom is 0.163 e. The first-order valence-corrected chi connectivity index (χ1v) is 10.8. The number of aliphatic hydroxyl groups excluding tert-OH is 2. The number of Topliss-reactive ketones (excluding diaryl/α,β-unsaturated/α-hetero) is 1. The van der Waals surface area contributed by atoms with Crippen LogP contribution in [0.3, 0.4) is 0 Å². The zero-order valence-corrected chi connectivity index (χ0v) is 17.0. The van der Waals surface area contributed by atoms with Crippen LogP contribution >= 0.6 is 0 Å². The predicted molar refractivity (Wildman–Crippen MR) is 98.7 cm³/mol. The van der Waals surface area contributed by atoms with Gasteiger partial charge in [-0.15, -0.1) is 0 Å². The van der Waals surface area contributed by atoms with Crippen LogP contribution in [-0.4, -0.2) is 46.2 Å². The Kier molecular flexibility index (Phi) is 3.82. The first-order chi connectivity index (χ1) is 12.6. The molecule has 0 radical (unpaired) electrons. The Morgan fingerprint density at radius 3 is 2.37 bits per heavy atom. The van der Waals surface area contributed by atoms with Crippen LogP contribution in [0.1, 0.15) is 66.2 Å². The van der Waals surface area contributed by atoms with Gasteiger partial charge in [-0.25, -0.2) is 0 Å². The van der Waals surface area contributed by atoms with Crippen LogP contribution in [0.15, 0.2) is 0 Å². The average molecular weight is 379 g/mol. The smallest absolute Gasteiger partial charge is 0.163 e. The molecule has 1 saturated heterocycles. The van der Waals surface area contributed by atoms with Gasteiger partial charge in [-0.05, 0) is 75.0 Å². The number of carbonyl (C=O) groups is 1. The van der Waals surface area contributed by atoms with Gasteiger partial charge in [0.2, 0.25) is 0 Å². The minimum absolute atomic E-state index is 0.0129. The highest BCUT2D eigenvalue weighted by molar-refractivity contribution is 5.87. The monoisotopic (exact) mass is 378 g/mol. The quantitative estimate of drug-likeness (QED) is 0.678. The van der Waals surface area contributed by atoms with E-state index in [-0.39, 0.29) is 29.0 Å².